The normalized spacial score (nSPS) is 19.8. The molecule has 2 heterocycles. The third-order valence-electron chi connectivity index (χ3n) is 3.74. The zero-order valence-electron chi connectivity index (χ0n) is 11.4. The lowest BCUT2D eigenvalue weighted by Gasteiger charge is -2.43. The van der Waals surface area contributed by atoms with E-state index >= 15 is 0 Å². The minimum atomic E-state index is -0.401. The first-order valence-electron chi connectivity index (χ1n) is 6.38. The second-order valence-electron chi connectivity index (χ2n) is 5.23. The Morgan fingerprint density at radius 2 is 2.16 bits per heavy atom. The van der Waals surface area contributed by atoms with E-state index in [9.17, 15) is 0 Å². The van der Waals surface area contributed by atoms with Gasteiger partial charge in [-0.1, -0.05) is 5.16 Å². The molecule has 2 rings (SSSR count). The van der Waals surface area contributed by atoms with Crippen LogP contribution in [-0.2, 0) is 6.54 Å². The third kappa shape index (κ3) is 3.23. The summed E-state index contributed by atoms with van der Waals surface area (Å²) in [5, 5.41) is 15.2. The van der Waals surface area contributed by atoms with Crippen molar-refractivity contribution >= 4 is 17.2 Å². The lowest BCUT2D eigenvalue weighted by Crippen LogP contribution is -2.59. The Morgan fingerprint density at radius 3 is 2.68 bits per heavy atom. The number of rotatable bonds is 4. The molecule has 1 aliphatic heterocycles. The van der Waals surface area contributed by atoms with Crippen LogP contribution in [-0.4, -0.2) is 57.5 Å². The highest BCUT2D eigenvalue weighted by Crippen LogP contribution is 2.18. The number of amidine groups is 1. The Kier molecular flexibility index (Phi) is 4.38. The zero-order chi connectivity index (χ0) is 13.9. The van der Waals surface area contributed by atoms with E-state index in [1.807, 2.05) is 25.4 Å². The van der Waals surface area contributed by atoms with Crippen molar-refractivity contribution in [2.45, 2.75) is 25.9 Å². The molecule has 3 N–H and O–H groups in total. The molecular formula is C12H21N5OS. The topological polar surface area (TPSA) is 78.0 Å². The Bertz CT molecular complexity index is 423. The van der Waals surface area contributed by atoms with Gasteiger partial charge in [-0.15, -0.1) is 11.3 Å². The average molecular weight is 283 g/mol. The van der Waals surface area contributed by atoms with Gasteiger partial charge in [-0.3, -0.25) is 9.80 Å². The smallest absolute Gasteiger partial charge is 0.159 e. The standard InChI is InChI=1S/C12H21N5OS/c1-12(2,11(13)15-18)17-6-4-16(5-7-17)9-10-14-3-8-19-10/h3,8,18H,4-7,9H2,1-2H3,(H2,13,15). The molecule has 0 bridgehead atoms. The highest BCUT2D eigenvalue weighted by atomic mass is 32.1. The van der Waals surface area contributed by atoms with Crippen LogP contribution in [0.3, 0.4) is 0 Å². The molecule has 19 heavy (non-hydrogen) atoms. The van der Waals surface area contributed by atoms with E-state index in [0.717, 1.165) is 37.7 Å². The number of hydrogen-bond donors (Lipinski definition) is 2. The fraction of sp³-hybridized carbons (Fsp3) is 0.667. The molecule has 1 aromatic heterocycles. The van der Waals surface area contributed by atoms with Crippen LogP contribution in [0, 0.1) is 0 Å². The van der Waals surface area contributed by atoms with Crippen molar-refractivity contribution in [1.29, 1.82) is 0 Å². The van der Waals surface area contributed by atoms with Crippen LogP contribution in [0.5, 0.6) is 0 Å². The van der Waals surface area contributed by atoms with Gasteiger partial charge in [-0.2, -0.15) is 0 Å². The maximum Gasteiger partial charge on any atom is 0.159 e. The van der Waals surface area contributed by atoms with E-state index in [1.165, 1.54) is 0 Å². The van der Waals surface area contributed by atoms with Crippen LogP contribution in [0.1, 0.15) is 18.9 Å². The van der Waals surface area contributed by atoms with Gasteiger partial charge in [0.15, 0.2) is 5.84 Å². The molecule has 1 fully saturated rings. The Labute approximate surface area is 117 Å². The molecule has 0 amide bonds. The van der Waals surface area contributed by atoms with Gasteiger partial charge in [-0.25, -0.2) is 4.98 Å². The number of piperazine rings is 1. The second kappa shape index (κ2) is 5.85. The number of oxime groups is 1. The van der Waals surface area contributed by atoms with Crippen LogP contribution in [0.2, 0.25) is 0 Å². The summed E-state index contributed by atoms with van der Waals surface area (Å²) in [7, 11) is 0. The minimum absolute atomic E-state index is 0.265. The maximum absolute atomic E-state index is 8.84. The first kappa shape index (κ1) is 14.2. The monoisotopic (exact) mass is 283 g/mol. The summed E-state index contributed by atoms with van der Waals surface area (Å²) in [6.07, 6.45) is 1.85. The molecule has 6 nitrogen and oxygen atoms in total. The maximum atomic E-state index is 8.84. The van der Waals surface area contributed by atoms with Gasteiger partial charge >= 0.3 is 0 Å². The molecule has 0 unspecified atom stereocenters. The van der Waals surface area contributed by atoms with E-state index in [1.54, 1.807) is 11.3 Å². The van der Waals surface area contributed by atoms with E-state index in [4.69, 9.17) is 10.9 Å². The molecule has 1 saturated heterocycles. The first-order valence-corrected chi connectivity index (χ1v) is 7.26. The van der Waals surface area contributed by atoms with Crippen LogP contribution in [0.15, 0.2) is 16.7 Å². The van der Waals surface area contributed by atoms with Crippen molar-refractivity contribution in [1.82, 2.24) is 14.8 Å². The summed E-state index contributed by atoms with van der Waals surface area (Å²) in [4.78, 5) is 8.95. The number of nitrogens with zero attached hydrogens (tertiary/aromatic N) is 4. The van der Waals surface area contributed by atoms with Crippen LogP contribution >= 0.6 is 11.3 Å². The number of aromatic nitrogens is 1. The summed E-state index contributed by atoms with van der Waals surface area (Å²) in [5.74, 6) is 0.265. The van der Waals surface area contributed by atoms with Gasteiger partial charge < -0.3 is 10.9 Å². The second-order valence-corrected chi connectivity index (χ2v) is 6.21. The molecule has 0 saturated carbocycles. The van der Waals surface area contributed by atoms with Gasteiger partial charge in [0, 0.05) is 37.8 Å². The Balaban J connectivity index is 1.89. The number of thiazole rings is 1. The summed E-state index contributed by atoms with van der Waals surface area (Å²) in [5.41, 5.74) is 5.36. The van der Waals surface area contributed by atoms with Gasteiger partial charge in [0.25, 0.3) is 0 Å². The fourth-order valence-corrected chi connectivity index (χ4v) is 2.93. The average Bonchev–Trinajstić information content (AvgIpc) is 2.91. The largest absolute Gasteiger partial charge is 0.409 e. The van der Waals surface area contributed by atoms with E-state index in [0.29, 0.717) is 0 Å². The van der Waals surface area contributed by atoms with Crippen molar-refractivity contribution in [3.63, 3.8) is 0 Å². The Hall–Kier alpha value is -1.18. The number of nitrogens with two attached hydrogens (primary N) is 1. The van der Waals surface area contributed by atoms with Gasteiger partial charge in [-0.05, 0) is 13.8 Å². The summed E-state index contributed by atoms with van der Waals surface area (Å²) in [6.45, 7) is 8.65. The molecule has 0 spiro atoms. The molecular weight excluding hydrogens is 262 g/mol. The quantitative estimate of drug-likeness (QED) is 0.370. The predicted octanol–water partition coefficient (Wildman–Crippen LogP) is 0.786. The minimum Gasteiger partial charge on any atom is -0.409 e. The van der Waals surface area contributed by atoms with Gasteiger partial charge in [0.05, 0.1) is 12.1 Å². The molecule has 106 valence electrons. The van der Waals surface area contributed by atoms with Gasteiger partial charge in [0.2, 0.25) is 0 Å². The predicted molar refractivity (Wildman–Crippen MR) is 76.5 cm³/mol. The lowest BCUT2D eigenvalue weighted by molar-refractivity contribution is 0.0793. The zero-order valence-corrected chi connectivity index (χ0v) is 12.2. The summed E-state index contributed by atoms with van der Waals surface area (Å²) >= 11 is 1.69. The molecule has 7 heteroatoms. The molecule has 0 radical (unpaired) electrons. The highest BCUT2D eigenvalue weighted by molar-refractivity contribution is 7.09. The Morgan fingerprint density at radius 1 is 1.47 bits per heavy atom. The van der Waals surface area contributed by atoms with Crippen LogP contribution in [0.25, 0.3) is 0 Å². The third-order valence-corrected chi connectivity index (χ3v) is 4.50. The molecule has 1 aromatic rings. The van der Waals surface area contributed by atoms with Crippen LogP contribution in [0.4, 0.5) is 0 Å². The first-order chi connectivity index (χ1) is 9.04. The van der Waals surface area contributed by atoms with Crippen molar-refractivity contribution < 1.29 is 5.21 Å². The molecule has 0 aromatic carbocycles. The molecule has 0 aliphatic carbocycles. The van der Waals surface area contributed by atoms with E-state index < -0.39 is 5.54 Å². The van der Waals surface area contributed by atoms with Crippen molar-refractivity contribution in [2.75, 3.05) is 26.2 Å². The van der Waals surface area contributed by atoms with Crippen molar-refractivity contribution in [3.8, 4) is 0 Å². The SMILES string of the molecule is CC(C)(C(N)=NO)N1CCN(Cc2nccs2)CC1. The van der Waals surface area contributed by atoms with Crippen LogP contribution < -0.4 is 5.73 Å². The van der Waals surface area contributed by atoms with E-state index in [-0.39, 0.29) is 5.84 Å². The van der Waals surface area contributed by atoms with E-state index in [2.05, 4.69) is 19.9 Å². The summed E-state index contributed by atoms with van der Waals surface area (Å²) < 4.78 is 0. The highest BCUT2D eigenvalue weighted by Gasteiger charge is 2.33. The molecule has 0 atom stereocenters. The molecule has 1 aliphatic rings. The summed E-state index contributed by atoms with van der Waals surface area (Å²) in [6, 6.07) is 0. The fourth-order valence-electron chi connectivity index (χ4n) is 2.27. The van der Waals surface area contributed by atoms with Crippen molar-refractivity contribution in [2.24, 2.45) is 10.9 Å². The van der Waals surface area contributed by atoms with Gasteiger partial charge in [0.1, 0.15) is 5.01 Å². The van der Waals surface area contributed by atoms with Crippen molar-refractivity contribution in [3.05, 3.63) is 16.6 Å². The lowest BCUT2D eigenvalue weighted by atomic mass is 10.0. The number of hydrogen-bond acceptors (Lipinski definition) is 6.